The van der Waals surface area contributed by atoms with E-state index in [2.05, 4.69) is 5.32 Å². The van der Waals surface area contributed by atoms with Gasteiger partial charge in [0.05, 0.1) is 22.8 Å². The number of hydrogen-bond donors (Lipinski definition) is 2. The Balaban J connectivity index is 0.00000225. The molecule has 1 atom stereocenters. The van der Waals surface area contributed by atoms with Crippen LogP contribution in [0.2, 0.25) is 5.02 Å². The SMILES string of the molecule is Cl.NCc1cc(C(=O)NC2CCCN(c3ccccc3Cl)C2=O)co1. The normalized spacial score (nSPS) is 17.1. The zero-order chi connectivity index (χ0) is 17.1. The molecule has 134 valence electrons. The standard InChI is InChI=1S/C17H18ClN3O3.ClH/c18-13-4-1-2-6-15(13)21-7-3-5-14(17(21)23)20-16(22)11-8-12(9-19)24-10-11;/h1-2,4,6,8,10,14H,3,5,7,9,19H2,(H,20,22);1H. The molecule has 0 bridgehead atoms. The van der Waals surface area contributed by atoms with Gasteiger partial charge in [-0.15, -0.1) is 12.4 Å². The summed E-state index contributed by atoms with van der Waals surface area (Å²) in [5.74, 6) is 0.0101. The Morgan fingerprint density at radius 1 is 1.40 bits per heavy atom. The van der Waals surface area contributed by atoms with Crippen LogP contribution in [0.4, 0.5) is 5.69 Å². The van der Waals surface area contributed by atoms with E-state index < -0.39 is 6.04 Å². The van der Waals surface area contributed by atoms with Gasteiger partial charge in [-0.2, -0.15) is 0 Å². The van der Waals surface area contributed by atoms with Crippen molar-refractivity contribution in [3.05, 3.63) is 52.9 Å². The molecule has 1 saturated heterocycles. The molecule has 2 heterocycles. The number of hydrogen-bond acceptors (Lipinski definition) is 4. The first-order valence-electron chi connectivity index (χ1n) is 7.74. The van der Waals surface area contributed by atoms with Crippen molar-refractivity contribution >= 4 is 41.5 Å². The van der Waals surface area contributed by atoms with Gasteiger partial charge in [-0.3, -0.25) is 9.59 Å². The van der Waals surface area contributed by atoms with E-state index in [0.717, 1.165) is 6.42 Å². The van der Waals surface area contributed by atoms with Crippen molar-refractivity contribution in [1.29, 1.82) is 0 Å². The van der Waals surface area contributed by atoms with Gasteiger partial charge in [0, 0.05) is 6.54 Å². The highest BCUT2D eigenvalue weighted by Gasteiger charge is 2.32. The fourth-order valence-corrected chi connectivity index (χ4v) is 3.01. The van der Waals surface area contributed by atoms with Gasteiger partial charge in [-0.1, -0.05) is 23.7 Å². The lowest BCUT2D eigenvalue weighted by molar-refractivity contribution is -0.121. The van der Waals surface area contributed by atoms with E-state index in [0.29, 0.717) is 35.0 Å². The van der Waals surface area contributed by atoms with Gasteiger partial charge < -0.3 is 20.4 Å². The van der Waals surface area contributed by atoms with Crippen LogP contribution in [-0.4, -0.2) is 24.4 Å². The number of para-hydroxylation sites is 1. The van der Waals surface area contributed by atoms with Crippen LogP contribution >= 0.6 is 24.0 Å². The monoisotopic (exact) mass is 383 g/mol. The van der Waals surface area contributed by atoms with Crippen LogP contribution in [-0.2, 0) is 11.3 Å². The molecule has 0 aliphatic carbocycles. The molecule has 8 heteroatoms. The highest BCUT2D eigenvalue weighted by molar-refractivity contribution is 6.33. The number of nitrogens with zero attached hydrogens (tertiary/aromatic N) is 1. The second kappa shape index (κ2) is 8.38. The van der Waals surface area contributed by atoms with Crippen LogP contribution in [0.25, 0.3) is 0 Å². The molecule has 1 aliphatic rings. The van der Waals surface area contributed by atoms with Crippen molar-refractivity contribution in [2.24, 2.45) is 5.73 Å². The van der Waals surface area contributed by atoms with Crippen LogP contribution in [0.15, 0.2) is 41.0 Å². The third kappa shape index (κ3) is 4.15. The summed E-state index contributed by atoms with van der Waals surface area (Å²) in [5.41, 5.74) is 6.49. The van der Waals surface area contributed by atoms with Gasteiger partial charge >= 0.3 is 0 Å². The predicted molar refractivity (Wildman–Crippen MR) is 98.1 cm³/mol. The average molecular weight is 384 g/mol. The second-order valence-corrected chi connectivity index (χ2v) is 6.02. The molecule has 3 rings (SSSR count). The molecule has 0 spiro atoms. The van der Waals surface area contributed by atoms with Crippen molar-refractivity contribution < 1.29 is 14.0 Å². The number of amides is 2. The van der Waals surface area contributed by atoms with Gasteiger partial charge in [-0.05, 0) is 31.0 Å². The summed E-state index contributed by atoms with van der Waals surface area (Å²) in [5, 5.41) is 3.28. The Morgan fingerprint density at radius 3 is 2.84 bits per heavy atom. The van der Waals surface area contributed by atoms with Crippen molar-refractivity contribution in [1.82, 2.24) is 5.32 Å². The van der Waals surface area contributed by atoms with Crippen LogP contribution in [0.5, 0.6) is 0 Å². The molecule has 1 aromatic heterocycles. The summed E-state index contributed by atoms with van der Waals surface area (Å²) in [6, 6.07) is 8.18. The number of anilines is 1. The van der Waals surface area contributed by atoms with Crippen molar-refractivity contribution in [2.45, 2.75) is 25.4 Å². The Labute approximate surface area is 156 Å². The number of carbonyl (C=O) groups is 2. The minimum atomic E-state index is -0.584. The Hall–Kier alpha value is -2.02. The summed E-state index contributed by atoms with van der Waals surface area (Å²) < 4.78 is 5.16. The molecule has 1 aromatic carbocycles. The van der Waals surface area contributed by atoms with E-state index in [-0.39, 0.29) is 30.8 Å². The maximum atomic E-state index is 12.7. The van der Waals surface area contributed by atoms with Gasteiger partial charge in [-0.25, -0.2) is 0 Å². The van der Waals surface area contributed by atoms with Gasteiger partial charge in [0.1, 0.15) is 18.1 Å². The molecule has 1 fully saturated rings. The van der Waals surface area contributed by atoms with Crippen molar-refractivity contribution in [3.63, 3.8) is 0 Å². The molecule has 2 aromatic rings. The number of rotatable bonds is 4. The fraction of sp³-hybridized carbons (Fsp3) is 0.294. The quantitative estimate of drug-likeness (QED) is 0.849. The van der Waals surface area contributed by atoms with Gasteiger partial charge in [0.15, 0.2) is 0 Å². The van der Waals surface area contributed by atoms with E-state index in [1.54, 1.807) is 23.1 Å². The topological polar surface area (TPSA) is 88.6 Å². The molecule has 0 radical (unpaired) electrons. The van der Waals surface area contributed by atoms with E-state index in [1.165, 1.54) is 6.26 Å². The highest BCUT2D eigenvalue weighted by Crippen LogP contribution is 2.28. The largest absolute Gasteiger partial charge is 0.467 e. The zero-order valence-electron chi connectivity index (χ0n) is 13.4. The molecule has 3 N–H and O–H groups in total. The number of furan rings is 1. The summed E-state index contributed by atoms with van der Waals surface area (Å²) in [6.07, 6.45) is 2.71. The number of halogens is 2. The predicted octanol–water partition coefficient (Wildman–Crippen LogP) is 2.74. The molecule has 1 aliphatic heterocycles. The fourth-order valence-electron chi connectivity index (χ4n) is 2.77. The highest BCUT2D eigenvalue weighted by atomic mass is 35.5. The molecule has 6 nitrogen and oxygen atoms in total. The lowest BCUT2D eigenvalue weighted by atomic mass is 10.0. The van der Waals surface area contributed by atoms with Crippen molar-refractivity contribution in [2.75, 3.05) is 11.4 Å². The van der Waals surface area contributed by atoms with Crippen LogP contribution in [0.3, 0.4) is 0 Å². The Kier molecular flexibility index (Phi) is 6.47. The van der Waals surface area contributed by atoms with Gasteiger partial charge in [0.2, 0.25) is 5.91 Å². The van der Waals surface area contributed by atoms with Crippen molar-refractivity contribution in [3.8, 4) is 0 Å². The third-order valence-electron chi connectivity index (χ3n) is 4.00. The van der Waals surface area contributed by atoms with E-state index >= 15 is 0 Å². The first kappa shape index (κ1) is 19.3. The minimum absolute atomic E-state index is 0. The van der Waals surface area contributed by atoms with Crippen LogP contribution in [0.1, 0.15) is 29.0 Å². The summed E-state index contributed by atoms with van der Waals surface area (Å²) >= 11 is 6.19. The number of benzene rings is 1. The third-order valence-corrected chi connectivity index (χ3v) is 4.32. The average Bonchev–Trinajstić information content (AvgIpc) is 3.07. The van der Waals surface area contributed by atoms with Gasteiger partial charge in [0.25, 0.3) is 5.91 Å². The summed E-state index contributed by atoms with van der Waals surface area (Å²) in [4.78, 5) is 26.6. The molecule has 1 unspecified atom stereocenters. The lowest BCUT2D eigenvalue weighted by Crippen LogP contribution is -2.52. The van der Waals surface area contributed by atoms with E-state index in [1.807, 2.05) is 12.1 Å². The Morgan fingerprint density at radius 2 is 2.16 bits per heavy atom. The number of nitrogens with one attached hydrogen (secondary N) is 1. The summed E-state index contributed by atoms with van der Waals surface area (Å²) in [7, 11) is 0. The maximum Gasteiger partial charge on any atom is 0.255 e. The number of piperidine rings is 1. The summed E-state index contributed by atoms with van der Waals surface area (Å²) in [6.45, 7) is 0.799. The molecule has 0 saturated carbocycles. The lowest BCUT2D eigenvalue weighted by Gasteiger charge is -2.33. The second-order valence-electron chi connectivity index (χ2n) is 5.62. The molecule has 2 amide bonds. The first-order valence-corrected chi connectivity index (χ1v) is 8.12. The van der Waals surface area contributed by atoms with E-state index in [4.69, 9.17) is 21.8 Å². The number of nitrogens with two attached hydrogens (primary N) is 1. The van der Waals surface area contributed by atoms with Crippen LogP contribution in [0, 0.1) is 0 Å². The Bertz CT molecular complexity index is 763. The molecular weight excluding hydrogens is 365 g/mol. The zero-order valence-corrected chi connectivity index (χ0v) is 15.0. The molecular formula is C17H19Cl2N3O3. The van der Waals surface area contributed by atoms with E-state index in [9.17, 15) is 9.59 Å². The van der Waals surface area contributed by atoms with Crippen LogP contribution < -0.4 is 16.0 Å². The number of carbonyl (C=O) groups excluding carboxylic acids is 2. The maximum absolute atomic E-state index is 12.7. The molecule has 25 heavy (non-hydrogen) atoms. The minimum Gasteiger partial charge on any atom is -0.467 e. The smallest absolute Gasteiger partial charge is 0.255 e. The first-order chi connectivity index (χ1) is 11.6.